The molecule has 0 radical (unpaired) electrons. The summed E-state index contributed by atoms with van der Waals surface area (Å²) in [6.45, 7) is 3.36. The van der Waals surface area contributed by atoms with Gasteiger partial charge < -0.3 is 9.42 Å². The topological polar surface area (TPSA) is 72.1 Å². The molecular weight excluding hydrogens is 268 g/mol. The van der Waals surface area contributed by atoms with Gasteiger partial charge in [0.2, 0.25) is 5.89 Å². The number of likely N-dealkylation sites (tertiary alicyclic amines) is 1. The Hall–Kier alpha value is -2.24. The van der Waals surface area contributed by atoms with Crippen LogP contribution in [-0.4, -0.2) is 39.0 Å². The standard InChI is InChI=1S/C15H18N4O2/c1-2-13-17-14(21-18-13)11-6-5-9-19(10-11)15(20)12-7-3-4-8-16-12/h3-4,7-8,11H,2,5-6,9-10H2,1H3/t11-/m0/s1. The van der Waals surface area contributed by atoms with Crippen LogP contribution in [0, 0.1) is 0 Å². The summed E-state index contributed by atoms with van der Waals surface area (Å²) in [5.74, 6) is 1.46. The van der Waals surface area contributed by atoms with Gasteiger partial charge in [0.15, 0.2) is 5.82 Å². The average Bonchev–Trinajstić information content (AvgIpc) is 3.04. The molecule has 2 aromatic heterocycles. The first-order valence-corrected chi connectivity index (χ1v) is 7.30. The second kappa shape index (κ2) is 6.03. The lowest BCUT2D eigenvalue weighted by atomic mass is 9.97. The summed E-state index contributed by atoms with van der Waals surface area (Å²) in [5.41, 5.74) is 0.484. The second-order valence-corrected chi connectivity index (χ2v) is 5.21. The Kier molecular flexibility index (Phi) is 3.94. The lowest BCUT2D eigenvalue weighted by Crippen LogP contribution is -2.39. The molecule has 2 aromatic rings. The van der Waals surface area contributed by atoms with Gasteiger partial charge in [0.1, 0.15) is 5.69 Å². The number of piperidine rings is 1. The first-order valence-electron chi connectivity index (χ1n) is 7.30. The molecule has 6 heteroatoms. The molecule has 1 saturated heterocycles. The van der Waals surface area contributed by atoms with Gasteiger partial charge in [-0.3, -0.25) is 9.78 Å². The molecule has 6 nitrogen and oxygen atoms in total. The van der Waals surface area contributed by atoms with Crippen LogP contribution < -0.4 is 0 Å². The van der Waals surface area contributed by atoms with Crippen LogP contribution in [0.2, 0.25) is 0 Å². The molecule has 1 aliphatic rings. The monoisotopic (exact) mass is 286 g/mol. The van der Waals surface area contributed by atoms with Gasteiger partial charge in [-0.2, -0.15) is 4.98 Å². The second-order valence-electron chi connectivity index (χ2n) is 5.21. The summed E-state index contributed by atoms with van der Waals surface area (Å²) in [6, 6.07) is 5.38. The molecule has 1 atom stereocenters. The van der Waals surface area contributed by atoms with Crippen LogP contribution in [-0.2, 0) is 6.42 Å². The maximum absolute atomic E-state index is 12.4. The highest BCUT2D eigenvalue weighted by atomic mass is 16.5. The van der Waals surface area contributed by atoms with Gasteiger partial charge >= 0.3 is 0 Å². The molecule has 1 aliphatic heterocycles. The van der Waals surface area contributed by atoms with E-state index >= 15 is 0 Å². The Morgan fingerprint density at radius 1 is 1.48 bits per heavy atom. The fraction of sp³-hybridized carbons (Fsp3) is 0.467. The van der Waals surface area contributed by atoms with Gasteiger partial charge in [-0.05, 0) is 25.0 Å². The Bertz CT molecular complexity index is 611. The number of hydrogen-bond acceptors (Lipinski definition) is 5. The molecule has 0 aromatic carbocycles. The summed E-state index contributed by atoms with van der Waals surface area (Å²) < 4.78 is 5.31. The van der Waals surface area contributed by atoms with Crippen molar-refractivity contribution in [2.75, 3.05) is 13.1 Å². The maximum atomic E-state index is 12.4. The molecule has 3 rings (SSSR count). The molecule has 0 saturated carbocycles. The van der Waals surface area contributed by atoms with E-state index in [9.17, 15) is 4.79 Å². The molecule has 0 spiro atoms. The third kappa shape index (κ3) is 2.94. The highest BCUT2D eigenvalue weighted by Crippen LogP contribution is 2.26. The Balaban J connectivity index is 1.72. The van der Waals surface area contributed by atoms with Crippen LogP contribution in [0.3, 0.4) is 0 Å². The van der Waals surface area contributed by atoms with E-state index in [2.05, 4.69) is 15.1 Å². The summed E-state index contributed by atoms with van der Waals surface area (Å²) >= 11 is 0. The van der Waals surface area contributed by atoms with Crippen molar-refractivity contribution in [3.8, 4) is 0 Å². The van der Waals surface area contributed by atoms with E-state index < -0.39 is 0 Å². The molecule has 1 fully saturated rings. The van der Waals surface area contributed by atoms with Gasteiger partial charge in [-0.15, -0.1) is 0 Å². The van der Waals surface area contributed by atoms with Crippen LogP contribution in [0.4, 0.5) is 0 Å². The van der Waals surface area contributed by atoms with Crippen molar-refractivity contribution in [2.24, 2.45) is 0 Å². The van der Waals surface area contributed by atoms with Crippen molar-refractivity contribution in [2.45, 2.75) is 32.1 Å². The molecule has 1 amide bonds. The summed E-state index contributed by atoms with van der Waals surface area (Å²) in [7, 11) is 0. The Morgan fingerprint density at radius 2 is 2.38 bits per heavy atom. The number of carbonyl (C=O) groups is 1. The fourth-order valence-corrected chi connectivity index (χ4v) is 2.59. The van der Waals surface area contributed by atoms with Crippen LogP contribution >= 0.6 is 0 Å². The minimum Gasteiger partial charge on any atom is -0.339 e. The Labute approximate surface area is 123 Å². The van der Waals surface area contributed by atoms with Crippen LogP contribution in [0.25, 0.3) is 0 Å². The summed E-state index contributed by atoms with van der Waals surface area (Å²) in [4.78, 5) is 22.8. The van der Waals surface area contributed by atoms with E-state index in [1.54, 1.807) is 18.3 Å². The minimum atomic E-state index is -0.0319. The lowest BCUT2D eigenvalue weighted by Gasteiger charge is -2.30. The lowest BCUT2D eigenvalue weighted by molar-refractivity contribution is 0.0689. The molecule has 110 valence electrons. The van der Waals surface area contributed by atoms with E-state index in [0.29, 0.717) is 18.1 Å². The molecule has 0 aliphatic carbocycles. The first kappa shape index (κ1) is 13.7. The maximum Gasteiger partial charge on any atom is 0.272 e. The number of carbonyl (C=O) groups excluding carboxylic acids is 1. The molecule has 0 bridgehead atoms. The number of pyridine rings is 1. The largest absolute Gasteiger partial charge is 0.339 e. The normalized spacial score (nSPS) is 18.7. The summed E-state index contributed by atoms with van der Waals surface area (Å²) in [6.07, 6.45) is 4.30. The summed E-state index contributed by atoms with van der Waals surface area (Å²) in [5, 5.41) is 3.94. The van der Waals surface area contributed by atoms with Gasteiger partial charge in [0, 0.05) is 25.7 Å². The van der Waals surface area contributed by atoms with Gasteiger partial charge in [-0.25, -0.2) is 0 Å². The molecule has 3 heterocycles. The van der Waals surface area contributed by atoms with Crippen molar-refractivity contribution in [3.63, 3.8) is 0 Å². The molecule has 0 unspecified atom stereocenters. The number of hydrogen-bond donors (Lipinski definition) is 0. The fourth-order valence-electron chi connectivity index (χ4n) is 2.59. The van der Waals surface area contributed by atoms with Gasteiger partial charge in [0.25, 0.3) is 5.91 Å². The number of nitrogens with zero attached hydrogens (tertiary/aromatic N) is 4. The van der Waals surface area contributed by atoms with Crippen molar-refractivity contribution in [1.29, 1.82) is 0 Å². The molecule has 0 N–H and O–H groups in total. The quantitative estimate of drug-likeness (QED) is 0.863. The number of rotatable bonds is 3. The van der Waals surface area contributed by atoms with Crippen LogP contribution in [0.1, 0.15) is 47.9 Å². The third-order valence-corrected chi connectivity index (χ3v) is 3.74. The number of aryl methyl sites for hydroxylation is 1. The predicted octanol–water partition coefficient (Wildman–Crippen LogP) is 2.05. The molecule has 21 heavy (non-hydrogen) atoms. The molecular formula is C15H18N4O2. The van der Waals surface area contributed by atoms with E-state index in [1.165, 1.54) is 0 Å². The SMILES string of the molecule is CCc1noc([C@H]2CCCN(C(=O)c3ccccn3)C2)n1. The van der Waals surface area contributed by atoms with E-state index in [-0.39, 0.29) is 11.8 Å². The average molecular weight is 286 g/mol. The van der Waals surface area contributed by atoms with Crippen molar-refractivity contribution in [1.82, 2.24) is 20.0 Å². The zero-order valence-corrected chi connectivity index (χ0v) is 12.0. The number of amides is 1. The predicted molar refractivity (Wildman–Crippen MR) is 75.8 cm³/mol. The van der Waals surface area contributed by atoms with Crippen molar-refractivity contribution in [3.05, 3.63) is 41.8 Å². The van der Waals surface area contributed by atoms with Crippen molar-refractivity contribution < 1.29 is 9.32 Å². The highest BCUT2D eigenvalue weighted by molar-refractivity contribution is 5.92. The zero-order valence-electron chi connectivity index (χ0n) is 12.0. The zero-order chi connectivity index (χ0) is 14.7. The Morgan fingerprint density at radius 3 is 3.10 bits per heavy atom. The van der Waals surface area contributed by atoms with E-state index in [1.807, 2.05) is 17.9 Å². The van der Waals surface area contributed by atoms with Gasteiger partial charge in [0.05, 0.1) is 5.92 Å². The van der Waals surface area contributed by atoms with Crippen molar-refractivity contribution >= 4 is 5.91 Å². The van der Waals surface area contributed by atoms with Gasteiger partial charge in [-0.1, -0.05) is 18.1 Å². The smallest absolute Gasteiger partial charge is 0.272 e. The number of aromatic nitrogens is 3. The first-order chi connectivity index (χ1) is 10.3. The minimum absolute atomic E-state index is 0.0319. The third-order valence-electron chi connectivity index (χ3n) is 3.74. The van der Waals surface area contributed by atoms with E-state index in [4.69, 9.17) is 4.52 Å². The van der Waals surface area contributed by atoms with Crippen LogP contribution in [0.15, 0.2) is 28.9 Å². The van der Waals surface area contributed by atoms with E-state index in [0.717, 1.165) is 31.6 Å². The highest BCUT2D eigenvalue weighted by Gasteiger charge is 2.29. The van der Waals surface area contributed by atoms with Crippen LogP contribution in [0.5, 0.6) is 0 Å².